The van der Waals surface area contributed by atoms with Crippen molar-refractivity contribution in [1.82, 2.24) is 9.78 Å². The van der Waals surface area contributed by atoms with Crippen LogP contribution in [0.5, 0.6) is 0 Å². The summed E-state index contributed by atoms with van der Waals surface area (Å²) in [7, 11) is 2.00. The number of hydrogen-bond donors (Lipinski definition) is 0. The van der Waals surface area contributed by atoms with Crippen molar-refractivity contribution in [2.75, 3.05) is 13.2 Å². The zero-order chi connectivity index (χ0) is 17.1. The molecule has 0 radical (unpaired) electrons. The van der Waals surface area contributed by atoms with Crippen molar-refractivity contribution in [2.45, 2.75) is 45.4 Å². The van der Waals surface area contributed by atoms with E-state index in [4.69, 9.17) is 9.47 Å². The van der Waals surface area contributed by atoms with Crippen molar-refractivity contribution in [1.29, 1.82) is 0 Å². The Labute approximate surface area is 143 Å². The van der Waals surface area contributed by atoms with E-state index in [2.05, 4.69) is 47.8 Å². The molecule has 1 aromatic carbocycles. The number of hydrogen-bond acceptors (Lipinski definition) is 3. The van der Waals surface area contributed by atoms with Crippen molar-refractivity contribution in [3.8, 4) is 0 Å². The molecule has 0 saturated carbocycles. The fourth-order valence-corrected chi connectivity index (χ4v) is 4.95. The first-order valence-corrected chi connectivity index (χ1v) is 8.79. The molecular weight excluding hydrogens is 302 g/mol. The molecule has 24 heavy (non-hydrogen) atoms. The second-order valence-electron chi connectivity index (χ2n) is 7.24. The normalized spacial score (nSPS) is 25.4. The van der Waals surface area contributed by atoms with Gasteiger partial charge in [0, 0.05) is 18.3 Å². The number of fused-ring (bicyclic) bond motifs is 1. The minimum atomic E-state index is -0.691. The summed E-state index contributed by atoms with van der Waals surface area (Å²) in [5.74, 6) is 0.463. The maximum atomic E-state index is 6.42. The summed E-state index contributed by atoms with van der Waals surface area (Å²) in [5.41, 5.74) is 2.43. The molecular formula is C19H26N3O2+. The molecule has 2 aliphatic heterocycles. The van der Waals surface area contributed by atoms with Gasteiger partial charge in [-0.05, 0) is 25.0 Å². The van der Waals surface area contributed by atoms with Gasteiger partial charge in [-0.1, -0.05) is 38.1 Å². The Kier molecular flexibility index (Phi) is 3.38. The number of benzene rings is 1. The maximum Gasteiger partial charge on any atom is 0.265 e. The Morgan fingerprint density at radius 1 is 1.12 bits per heavy atom. The molecule has 0 spiro atoms. The van der Waals surface area contributed by atoms with Crippen LogP contribution in [0, 0.1) is 5.41 Å². The van der Waals surface area contributed by atoms with Crippen LogP contribution in [-0.4, -0.2) is 28.8 Å². The number of nitrogens with zero attached hydrogens (tertiary/aromatic N) is 3. The van der Waals surface area contributed by atoms with Crippen LogP contribution in [0.2, 0.25) is 0 Å². The lowest BCUT2D eigenvalue weighted by molar-refractivity contribution is -0.756. The summed E-state index contributed by atoms with van der Waals surface area (Å²) in [4.78, 5) is 0. The maximum absolute atomic E-state index is 6.42. The number of aromatic nitrogens is 3. The summed E-state index contributed by atoms with van der Waals surface area (Å²) >= 11 is 0. The highest BCUT2D eigenvalue weighted by molar-refractivity contribution is 5.44. The predicted molar refractivity (Wildman–Crippen MR) is 89.6 cm³/mol. The molecule has 5 nitrogen and oxygen atoms in total. The van der Waals surface area contributed by atoms with Gasteiger partial charge in [-0.15, -0.1) is 4.68 Å². The Balaban J connectivity index is 2.08. The molecule has 128 valence electrons. The first-order valence-electron chi connectivity index (χ1n) is 8.79. The molecule has 2 aromatic rings. The molecule has 3 aliphatic rings. The monoisotopic (exact) mass is 328 g/mol. The highest BCUT2D eigenvalue weighted by Crippen LogP contribution is 2.61. The molecule has 1 aliphatic carbocycles. The summed E-state index contributed by atoms with van der Waals surface area (Å²) in [6, 6.07) is 8.82. The lowest BCUT2D eigenvalue weighted by atomic mass is 9.58. The minimum absolute atomic E-state index is 0.00102. The quantitative estimate of drug-likeness (QED) is 0.640. The third kappa shape index (κ3) is 1.67. The van der Waals surface area contributed by atoms with Crippen LogP contribution >= 0.6 is 0 Å². The third-order valence-electron chi connectivity index (χ3n) is 5.76. The molecule has 0 N–H and O–H groups in total. The fraction of sp³-hybridized carbons (Fsp3) is 0.579. The Morgan fingerprint density at radius 2 is 1.75 bits per heavy atom. The zero-order valence-corrected chi connectivity index (χ0v) is 15.1. The smallest absolute Gasteiger partial charge is 0.265 e. The van der Waals surface area contributed by atoms with Crippen LogP contribution in [0.15, 0.2) is 30.6 Å². The van der Waals surface area contributed by atoms with E-state index in [1.165, 1.54) is 11.1 Å². The summed E-state index contributed by atoms with van der Waals surface area (Å²) in [6.45, 7) is 9.84. The molecule has 5 heteroatoms. The largest absolute Gasteiger partial charge is 0.348 e. The van der Waals surface area contributed by atoms with Gasteiger partial charge in [-0.2, -0.15) is 0 Å². The number of ether oxygens (including phenoxy) is 2. The summed E-state index contributed by atoms with van der Waals surface area (Å²) in [6.07, 6.45) is 1.95. The molecule has 0 unspecified atom stereocenters. The molecule has 2 bridgehead atoms. The third-order valence-corrected chi connectivity index (χ3v) is 5.76. The SMILES string of the molecule is CCOC1(OCC)[C@H]2c3ccccc3[C@H]([n+]3cnn(C)c32)C1(C)C. The van der Waals surface area contributed by atoms with Gasteiger partial charge >= 0.3 is 0 Å². The van der Waals surface area contributed by atoms with Gasteiger partial charge in [0.15, 0.2) is 5.79 Å². The van der Waals surface area contributed by atoms with E-state index in [0.29, 0.717) is 13.2 Å². The molecule has 0 fully saturated rings. The van der Waals surface area contributed by atoms with Crippen molar-refractivity contribution in [3.63, 3.8) is 0 Å². The first-order chi connectivity index (χ1) is 11.5. The van der Waals surface area contributed by atoms with E-state index < -0.39 is 5.79 Å². The van der Waals surface area contributed by atoms with E-state index in [1.54, 1.807) is 0 Å². The number of aryl methyl sites for hydroxylation is 1. The van der Waals surface area contributed by atoms with Crippen molar-refractivity contribution >= 4 is 0 Å². The van der Waals surface area contributed by atoms with Gasteiger partial charge in [0.25, 0.3) is 6.33 Å². The van der Waals surface area contributed by atoms with Crippen LogP contribution in [0.1, 0.15) is 56.6 Å². The highest BCUT2D eigenvalue weighted by atomic mass is 16.7. The average molecular weight is 328 g/mol. The first kappa shape index (κ1) is 15.8. The van der Waals surface area contributed by atoms with Crippen LogP contribution in [0.4, 0.5) is 0 Å². The van der Waals surface area contributed by atoms with Crippen molar-refractivity contribution < 1.29 is 14.0 Å². The van der Waals surface area contributed by atoms with E-state index in [1.807, 2.05) is 31.9 Å². The minimum Gasteiger partial charge on any atom is -0.348 e. The van der Waals surface area contributed by atoms with Gasteiger partial charge in [-0.3, -0.25) is 0 Å². The fourth-order valence-electron chi connectivity index (χ4n) is 4.95. The lowest BCUT2D eigenvalue weighted by Gasteiger charge is -2.58. The van der Waals surface area contributed by atoms with Gasteiger partial charge < -0.3 is 9.47 Å². The van der Waals surface area contributed by atoms with Crippen LogP contribution < -0.4 is 4.57 Å². The molecule has 3 heterocycles. The molecule has 1 aromatic heterocycles. The average Bonchev–Trinajstić information content (AvgIpc) is 2.93. The second kappa shape index (κ2) is 5.14. The van der Waals surface area contributed by atoms with Gasteiger partial charge in [0.2, 0.25) is 5.82 Å². The molecule has 0 saturated heterocycles. The standard InChI is InChI=1S/C19H26N3O2/c1-6-23-19(24-7-2)15-13-10-8-9-11-14(13)16(18(19,3)4)22-12-20-21(5)17(15)22/h8-12,15-16H,6-7H2,1-5H3/q+1/t15-,16-/m0/s1. The van der Waals surface area contributed by atoms with E-state index in [0.717, 1.165) is 5.82 Å². The van der Waals surface area contributed by atoms with Crippen molar-refractivity contribution in [2.24, 2.45) is 12.5 Å². The summed E-state index contributed by atoms with van der Waals surface area (Å²) in [5, 5.41) is 4.54. The Hall–Kier alpha value is -1.72. The topological polar surface area (TPSA) is 40.2 Å². The predicted octanol–water partition coefficient (Wildman–Crippen LogP) is 2.55. The molecule has 2 atom stereocenters. The highest BCUT2D eigenvalue weighted by Gasteiger charge is 2.69. The number of rotatable bonds is 4. The van der Waals surface area contributed by atoms with E-state index >= 15 is 0 Å². The van der Waals surface area contributed by atoms with Gasteiger partial charge in [0.05, 0.1) is 12.5 Å². The van der Waals surface area contributed by atoms with E-state index in [9.17, 15) is 0 Å². The Bertz CT molecular complexity index is 775. The lowest BCUT2D eigenvalue weighted by Crippen LogP contribution is -2.71. The Morgan fingerprint density at radius 3 is 2.38 bits per heavy atom. The summed E-state index contributed by atoms with van der Waals surface area (Å²) < 4.78 is 17.1. The van der Waals surface area contributed by atoms with E-state index in [-0.39, 0.29) is 17.4 Å². The molecule has 5 rings (SSSR count). The second-order valence-corrected chi connectivity index (χ2v) is 7.24. The zero-order valence-electron chi connectivity index (χ0n) is 15.1. The van der Waals surface area contributed by atoms with Crippen LogP contribution in [-0.2, 0) is 16.5 Å². The van der Waals surface area contributed by atoms with Gasteiger partial charge in [-0.25, -0.2) is 4.57 Å². The van der Waals surface area contributed by atoms with Gasteiger partial charge in [0.1, 0.15) is 12.0 Å². The molecule has 0 amide bonds. The van der Waals surface area contributed by atoms with Crippen LogP contribution in [0.3, 0.4) is 0 Å². The van der Waals surface area contributed by atoms with Crippen molar-refractivity contribution in [3.05, 3.63) is 47.5 Å². The van der Waals surface area contributed by atoms with Crippen LogP contribution in [0.25, 0.3) is 0 Å².